The van der Waals surface area contributed by atoms with Crippen molar-refractivity contribution in [2.24, 2.45) is 0 Å². The van der Waals surface area contributed by atoms with Crippen LogP contribution in [0.5, 0.6) is 0 Å². The predicted molar refractivity (Wildman–Crippen MR) is 134 cm³/mol. The molecular formula is C29H34N2O2. The number of hydrogen-bond donors (Lipinski definition) is 1. The first-order chi connectivity index (χ1) is 16.1. The highest BCUT2D eigenvalue weighted by Crippen LogP contribution is 2.17. The van der Waals surface area contributed by atoms with Gasteiger partial charge >= 0.3 is 0 Å². The molecule has 0 spiro atoms. The van der Waals surface area contributed by atoms with Gasteiger partial charge in [-0.15, -0.1) is 0 Å². The van der Waals surface area contributed by atoms with E-state index in [1.54, 1.807) is 4.90 Å². The van der Waals surface area contributed by atoms with Crippen LogP contribution in [0.2, 0.25) is 0 Å². The molecule has 0 unspecified atom stereocenters. The maximum Gasteiger partial charge on any atom is 0.243 e. The van der Waals surface area contributed by atoms with Crippen LogP contribution in [0.15, 0.2) is 84.9 Å². The Balaban J connectivity index is 1.84. The highest BCUT2D eigenvalue weighted by atomic mass is 16.2. The summed E-state index contributed by atoms with van der Waals surface area (Å²) >= 11 is 0. The summed E-state index contributed by atoms with van der Waals surface area (Å²) < 4.78 is 0. The molecule has 0 heterocycles. The van der Waals surface area contributed by atoms with Gasteiger partial charge in [0.15, 0.2) is 0 Å². The average Bonchev–Trinajstić information content (AvgIpc) is 2.86. The largest absolute Gasteiger partial charge is 0.355 e. The lowest BCUT2D eigenvalue weighted by atomic mass is 10.0. The Morgan fingerprint density at radius 2 is 1.33 bits per heavy atom. The number of rotatable bonds is 11. The topological polar surface area (TPSA) is 49.4 Å². The number of nitrogens with one attached hydrogen (secondary N) is 1. The molecule has 1 N–H and O–H groups in total. The third-order valence-corrected chi connectivity index (χ3v) is 5.88. The van der Waals surface area contributed by atoms with E-state index < -0.39 is 6.04 Å². The Labute approximate surface area is 197 Å². The molecular weight excluding hydrogens is 408 g/mol. The normalized spacial score (nSPS) is 11.6. The van der Waals surface area contributed by atoms with E-state index >= 15 is 0 Å². The van der Waals surface area contributed by atoms with Crippen LogP contribution in [-0.2, 0) is 35.4 Å². The summed E-state index contributed by atoms with van der Waals surface area (Å²) in [5.74, 6) is -0.122. The molecule has 0 aromatic heterocycles. The van der Waals surface area contributed by atoms with Crippen molar-refractivity contribution < 1.29 is 9.59 Å². The first-order valence-corrected chi connectivity index (χ1v) is 11.8. The fourth-order valence-electron chi connectivity index (χ4n) is 3.96. The predicted octanol–water partition coefficient (Wildman–Crippen LogP) is 4.96. The lowest BCUT2D eigenvalue weighted by molar-refractivity contribution is -0.141. The molecule has 4 heteroatoms. The first-order valence-electron chi connectivity index (χ1n) is 11.8. The van der Waals surface area contributed by atoms with E-state index in [0.717, 1.165) is 23.1 Å². The number of carbonyl (C=O) groups is 2. The van der Waals surface area contributed by atoms with E-state index in [-0.39, 0.29) is 11.8 Å². The van der Waals surface area contributed by atoms with Gasteiger partial charge in [0.25, 0.3) is 0 Å². The highest BCUT2D eigenvalue weighted by Gasteiger charge is 2.29. The molecule has 0 saturated heterocycles. The van der Waals surface area contributed by atoms with E-state index in [9.17, 15) is 9.59 Å². The Bertz CT molecular complexity index is 1000. The van der Waals surface area contributed by atoms with Crippen LogP contribution in [0.25, 0.3) is 0 Å². The van der Waals surface area contributed by atoms with Gasteiger partial charge in [-0.1, -0.05) is 91.9 Å². The van der Waals surface area contributed by atoms with Crippen molar-refractivity contribution in [3.8, 4) is 0 Å². The average molecular weight is 443 g/mol. The summed E-state index contributed by atoms with van der Waals surface area (Å²) in [6, 6.07) is 27.7. The third-order valence-electron chi connectivity index (χ3n) is 5.88. The van der Waals surface area contributed by atoms with Gasteiger partial charge in [-0.3, -0.25) is 9.59 Å². The summed E-state index contributed by atoms with van der Waals surface area (Å²) in [7, 11) is 0. The summed E-state index contributed by atoms with van der Waals surface area (Å²) in [5.41, 5.74) is 4.48. The minimum absolute atomic E-state index is 0.00870. The van der Waals surface area contributed by atoms with E-state index in [0.29, 0.717) is 32.4 Å². The monoisotopic (exact) mass is 442 g/mol. The summed E-state index contributed by atoms with van der Waals surface area (Å²) in [4.78, 5) is 28.4. The zero-order chi connectivity index (χ0) is 23.5. The molecule has 2 amide bonds. The molecule has 172 valence electrons. The van der Waals surface area contributed by atoms with E-state index in [4.69, 9.17) is 0 Å². The summed E-state index contributed by atoms with van der Waals surface area (Å²) in [6.07, 6.45) is 2.50. The molecule has 0 radical (unpaired) electrons. The van der Waals surface area contributed by atoms with Crippen LogP contribution in [0, 0.1) is 0 Å². The molecule has 3 aromatic carbocycles. The molecule has 3 rings (SSSR count). The van der Waals surface area contributed by atoms with Crippen molar-refractivity contribution in [1.29, 1.82) is 0 Å². The summed E-state index contributed by atoms with van der Waals surface area (Å²) in [6.45, 7) is 4.97. The second kappa shape index (κ2) is 12.6. The van der Waals surface area contributed by atoms with Crippen LogP contribution in [0.3, 0.4) is 0 Å². The molecule has 0 aliphatic rings. The van der Waals surface area contributed by atoms with Crippen molar-refractivity contribution in [2.75, 3.05) is 6.54 Å². The second-order valence-corrected chi connectivity index (χ2v) is 8.28. The molecule has 0 aliphatic carbocycles. The highest BCUT2D eigenvalue weighted by molar-refractivity contribution is 5.88. The Hall–Kier alpha value is -3.40. The van der Waals surface area contributed by atoms with E-state index in [1.807, 2.05) is 67.6 Å². The van der Waals surface area contributed by atoms with Crippen molar-refractivity contribution in [3.05, 3.63) is 107 Å². The Morgan fingerprint density at radius 3 is 1.91 bits per heavy atom. The fourth-order valence-corrected chi connectivity index (χ4v) is 3.96. The lowest BCUT2D eigenvalue weighted by Gasteiger charge is -2.31. The quantitative estimate of drug-likeness (QED) is 0.456. The van der Waals surface area contributed by atoms with Crippen molar-refractivity contribution >= 4 is 11.8 Å². The third kappa shape index (κ3) is 7.31. The molecule has 0 saturated carbocycles. The van der Waals surface area contributed by atoms with E-state index in [2.05, 4.69) is 36.5 Å². The van der Waals surface area contributed by atoms with Crippen molar-refractivity contribution in [3.63, 3.8) is 0 Å². The molecule has 1 atom stereocenters. The molecule has 3 aromatic rings. The Morgan fingerprint density at radius 1 is 0.758 bits per heavy atom. The van der Waals surface area contributed by atoms with Crippen molar-refractivity contribution in [2.45, 2.75) is 52.1 Å². The zero-order valence-corrected chi connectivity index (χ0v) is 19.7. The van der Waals surface area contributed by atoms with E-state index in [1.165, 1.54) is 5.56 Å². The number of likely N-dealkylation sites (N-methyl/N-ethyl adjacent to an activating group) is 1. The smallest absolute Gasteiger partial charge is 0.243 e. The standard InChI is InChI=1S/C29H34N2O2/c1-3-23-15-17-24(18-16-23)19-20-28(32)31(22-26-13-9-6-10-14-26)27(29(33)30-4-2)21-25-11-7-5-8-12-25/h5-18,27H,3-4,19-22H2,1-2H3,(H,30,33)/t27-/m1/s1. The number of carbonyl (C=O) groups excluding carboxylic acids is 2. The van der Waals surface area contributed by atoms with Crippen molar-refractivity contribution in [1.82, 2.24) is 10.2 Å². The number of hydrogen-bond acceptors (Lipinski definition) is 2. The van der Waals surface area contributed by atoms with Crippen LogP contribution < -0.4 is 5.32 Å². The van der Waals surface area contributed by atoms with Crippen LogP contribution in [0.1, 0.15) is 42.5 Å². The molecule has 0 fully saturated rings. The van der Waals surface area contributed by atoms with Crippen LogP contribution in [-0.4, -0.2) is 29.3 Å². The van der Waals surface area contributed by atoms with Gasteiger partial charge in [-0.25, -0.2) is 0 Å². The van der Waals surface area contributed by atoms with Crippen LogP contribution in [0.4, 0.5) is 0 Å². The SMILES string of the molecule is CCNC(=O)[C@@H](Cc1ccccc1)N(Cc1ccccc1)C(=O)CCc1ccc(CC)cc1. The fraction of sp³-hybridized carbons (Fsp3) is 0.310. The van der Waals surface area contributed by atoms with Gasteiger partial charge in [0.05, 0.1) is 0 Å². The lowest BCUT2D eigenvalue weighted by Crippen LogP contribution is -2.50. The molecule has 33 heavy (non-hydrogen) atoms. The van der Waals surface area contributed by atoms with Gasteiger partial charge in [0, 0.05) is 25.9 Å². The number of aryl methyl sites for hydroxylation is 2. The molecule has 0 aliphatic heterocycles. The first kappa shape index (κ1) is 24.2. The number of amides is 2. The maximum absolute atomic E-state index is 13.5. The summed E-state index contributed by atoms with van der Waals surface area (Å²) in [5, 5.41) is 2.94. The minimum atomic E-state index is -0.567. The van der Waals surface area contributed by atoms with Gasteiger partial charge < -0.3 is 10.2 Å². The van der Waals surface area contributed by atoms with Crippen LogP contribution >= 0.6 is 0 Å². The Kier molecular flexibility index (Phi) is 9.25. The van der Waals surface area contributed by atoms with Gasteiger partial charge in [-0.2, -0.15) is 0 Å². The minimum Gasteiger partial charge on any atom is -0.355 e. The van der Waals surface area contributed by atoms with Gasteiger partial charge in [0.2, 0.25) is 11.8 Å². The van der Waals surface area contributed by atoms with Gasteiger partial charge in [0.1, 0.15) is 6.04 Å². The zero-order valence-electron chi connectivity index (χ0n) is 19.7. The molecule has 4 nitrogen and oxygen atoms in total. The maximum atomic E-state index is 13.5. The number of benzene rings is 3. The molecule has 0 bridgehead atoms. The van der Waals surface area contributed by atoms with Gasteiger partial charge in [-0.05, 0) is 42.0 Å². The second-order valence-electron chi connectivity index (χ2n) is 8.28. The number of nitrogens with zero attached hydrogens (tertiary/aromatic N) is 1.